The Morgan fingerprint density at radius 3 is 2.80 bits per heavy atom. The highest BCUT2D eigenvalue weighted by atomic mass is 16.5. The molecule has 0 aliphatic carbocycles. The van der Waals surface area contributed by atoms with E-state index in [4.69, 9.17) is 4.74 Å². The van der Waals surface area contributed by atoms with Gasteiger partial charge in [-0.15, -0.1) is 0 Å². The number of nitrogens with zero attached hydrogens (tertiary/aromatic N) is 2. The summed E-state index contributed by atoms with van der Waals surface area (Å²) in [5, 5.41) is 7.81. The molecule has 1 aromatic rings. The molecule has 86 valence electrons. The zero-order chi connectivity index (χ0) is 11.3. The van der Waals surface area contributed by atoms with Gasteiger partial charge in [0, 0.05) is 25.9 Å². The van der Waals surface area contributed by atoms with Crippen LogP contribution >= 0.6 is 0 Å². The molecule has 1 aromatic heterocycles. The van der Waals surface area contributed by atoms with E-state index in [1.165, 1.54) is 5.56 Å². The Morgan fingerprint density at radius 1 is 1.60 bits per heavy atom. The Bertz CT molecular complexity index is 296. The van der Waals surface area contributed by atoms with Crippen molar-refractivity contribution >= 4 is 0 Å². The van der Waals surface area contributed by atoms with Gasteiger partial charge in [0.25, 0.3) is 0 Å². The van der Waals surface area contributed by atoms with Crippen LogP contribution in [-0.2, 0) is 11.8 Å². The number of nitrogens with one attached hydrogen (secondary N) is 1. The molecule has 0 aliphatic heterocycles. The smallest absolute Gasteiger partial charge is 0.0658 e. The van der Waals surface area contributed by atoms with Gasteiger partial charge >= 0.3 is 0 Å². The molecule has 0 radical (unpaired) electrons. The highest BCUT2D eigenvalue weighted by Gasteiger charge is 2.15. The summed E-state index contributed by atoms with van der Waals surface area (Å²) in [7, 11) is 3.67. The predicted molar refractivity (Wildman–Crippen MR) is 60.9 cm³/mol. The van der Waals surface area contributed by atoms with Crippen LogP contribution in [0.2, 0.25) is 0 Å². The maximum Gasteiger partial charge on any atom is 0.0658 e. The summed E-state index contributed by atoms with van der Waals surface area (Å²) in [5.74, 6) is 0. The molecule has 1 unspecified atom stereocenters. The molecule has 4 heteroatoms. The molecule has 1 atom stereocenters. The topological polar surface area (TPSA) is 39.1 Å². The lowest BCUT2D eigenvalue weighted by Gasteiger charge is -2.16. The monoisotopic (exact) mass is 211 g/mol. The Balaban J connectivity index is 2.73. The van der Waals surface area contributed by atoms with Gasteiger partial charge in [0.15, 0.2) is 0 Å². The minimum atomic E-state index is 0.253. The molecule has 0 amide bonds. The lowest BCUT2D eigenvalue weighted by molar-refractivity contribution is 0.167. The Kier molecular flexibility index (Phi) is 4.78. The van der Waals surface area contributed by atoms with Gasteiger partial charge in [-0.2, -0.15) is 5.10 Å². The highest BCUT2D eigenvalue weighted by molar-refractivity contribution is 5.20. The minimum Gasteiger partial charge on any atom is -0.383 e. The number of aryl methyl sites for hydroxylation is 2. The van der Waals surface area contributed by atoms with Gasteiger partial charge in [-0.1, -0.05) is 6.92 Å². The zero-order valence-electron chi connectivity index (χ0n) is 10.1. The Morgan fingerprint density at radius 2 is 2.33 bits per heavy atom. The van der Waals surface area contributed by atoms with Crippen molar-refractivity contribution in [3.8, 4) is 0 Å². The van der Waals surface area contributed by atoms with Crippen LogP contribution in [0.25, 0.3) is 0 Å². The van der Waals surface area contributed by atoms with Crippen molar-refractivity contribution < 1.29 is 4.74 Å². The summed E-state index contributed by atoms with van der Waals surface area (Å²) in [6.45, 7) is 5.88. The molecule has 1 rings (SSSR count). The van der Waals surface area contributed by atoms with E-state index in [1.807, 2.05) is 18.7 Å². The van der Waals surface area contributed by atoms with Crippen LogP contribution in [0.1, 0.15) is 30.6 Å². The molecule has 1 N–H and O–H groups in total. The van der Waals surface area contributed by atoms with Crippen molar-refractivity contribution in [2.24, 2.45) is 7.05 Å². The fraction of sp³-hybridized carbons (Fsp3) is 0.727. The lowest BCUT2D eigenvalue weighted by atomic mass is 10.1. The third-order valence-corrected chi connectivity index (χ3v) is 2.40. The molecular weight excluding hydrogens is 190 g/mol. The summed E-state index contributed by atoms with van der Waals surface area (Å²) in [6, 6.07) is 0.253. The van der Waals surface area contributed by atoms with Crippen LogP contribution in [0.15, 0.2) is 6.20 Å². The fourth-order valence-corrected chi connectivity index (χ4v) is 1.70. The number of hydrogen-bond donors (Lipinski definition) is 1. The number of methoxy groups -OCH3 is 1. The van der Waals surface area contributed by atoms with Crippen LogP contribution in [-0.4, -0.2) is 30.0 Å². The second-order valence-electron chi connectivity index (χ2n) is 3.81. The molecule has 0 saturated carbocycles. The number of hydrogen-bond acceptors (Lipinski definition) is 3. The molecule has 1 heterocycles. The first kappa shape index (κ1) is 12.2. The zero-order valence-corrected chi connectivity index (χ0v) is 10.1. The molecular formula is C11H21N3O. The van der Waals surface area contributed by atoms with Gasteiger partial charge in [-0.05, 0) is 19.9 Å². The molecule has 4 nitrogen and oxygen atoms in total. The van der Waals surface area contributed by atoms with Crippen LogP contribution in [0.5, 0.6) is 0 Å². The fourth-order valence-electron chi connectivity index (χ4n) is 1.70. The van der Waals surface area contributed by atoms with E-state index in [1.54, 1.807) is 7.11 Å². The number of ether oxygens (including phenoxy) is 1. The second kappa shape index (κ2) is 5.88. The van der Waals surface area contributed by atoms with E-state index in [2.05, 4.69) is 23.5 Å². The van der Waals surface area contributed by atoms with Crippen molar-refractivity contribution in [2.45, 2.75) is 26.3 Å². The SMILES string of the molecule is CCCNC(COC)c1cn(C)nc1C. The third-order valence-electron chi connectivity index (χ3n) is 2.40. The van der Waals surface area contributed by atoms with Crippen LogP contribution in [0, 0.1) is 6.92 Å². The van der Waals surface area contributed by atoms with Crippen molar-refractivity contribution in [1.82, 2.24) is 15.1 Å². The average Bonchev–Trinajstić information content (AvgIpc) is 2.52. The minimum absolute atomic E-state index is 0.253. The molecule has 0 bridgehead atoms. The highest BCUT2D eigenvalue weighted by Crippen LogP contribution is 2.16. The van der Waals surface area contributed by atoms with Gasteiger partial charge < -0.3 is 10.1 Å². The maximum atomic E-state index is 5.22. The summed E-state index contributed by atoms with van der Waals surface area (Å²) >= 11 is 0. The van der Waals surface area contributed by atoms with Crippen molar-refractivity contribution in [3.05, 3.63) is 17.5 Å². The Labute approximate surface area is 91.6 Å². The molecule has 0 spiro atoms. The summed E-state index contributed by atoms with van der Waals surface area (Å²) in [4.78, 5) is 0. The van der Waals surface area contributed by atoms with Crippen molar-refractivity contribution in [2.75, 3.05) is 20.3 Å². The standard InChI is InChI=1S/C11H21N3O/c1-5-6-12-11(8-15-4)10-7-14(3)13-9(10)2/h7,11-12H,5-6,8H2,1-4H3. The van der Waals surface area contributed by atoms with E-state index in [0.29, 0.717) is 6.61 Å². The van der Waals surface area contributed by atoms with E-state index in [0.717, 1.165) is 18.7 Å². The van der Waals surface area contributed by atoms with Gasteiger partial charge in [0.1, 0.15) is 0 Å². The second-order valence-corrected chi connectivity index (χ2v) is 3.81. The van der Waals surface area contributed by atoms with Gasteiger partial charge in [-0.3, -0.25) is 4.68 Å². The van der Waals surface area contributed by atoms with Crippen LogP contribution in [0.4, 0.5) is 0 Å². The predicted octanol–water partition coefficient (Wildman–Crippen LogP) is 1.42. The first-order valence-corrected chi connectivity index (χ1v) is 5.41. The first-order valence-electron chi connectivity index (χ1n) is 5.41. The lowest BCUT2D eigenvalue weighted by Crippen LogP contribution is -2.26. The maximum absolute atomic E-state index is 5.22. The van der Waals surface area contributed by atoms with E-state index in [-0.39, 0.29) is 6.04 Å². The van der Waals surface area contributed by atoms with Crippen molar-refractivity contribution in [1.29, 1.82) is 0 Å². The van der Waals surface area contributed by atoms with Crippen LogP contribution < -0.4 is 5.32 Å². The van der Waals surface area contributed by atoms with Gasteiger partial charge in [-0.25, -0.2) is 0 Å². The van der Waals surface area contributed by atoms with Crippen LogP contribution in [0.3, 0.4) is 0 Å². The van der Waals surface area contributed by atoms with E-state index >= 15 is 0 Å². The van der Waals surface area contributed by atoms with Gasteiger partial charge in [0.2, 0.25) is 0 Å². The number of rotatable bonds is 6. The number of aromatic nitrogens is 2. The van der Waals surface area contributed by atoms with Gasteiger partial charge in [0.05, 0.1) is 18.3 Å². The molecule has 0 fully saturated rings. The van der Waals surface area contributed by atoms with Crippen molar-refractivity contribution in [3.63, 3.8) is 0 Å². The quantitative estimate of drug-likeness (QED) is 0.773. The molecule has 15 heavy (non-hydrogen) atoms. The summed E-state index contributed by atoms with van der Waals surface area (Å²) in [6.07, 6.45) is 3.18. The average molecular weight is 211 g/mol. The first-order chi connectivity index (χ1) is 7.19. The molecule has 0 aromatic carbocycles. The Hall–Kier alpha value is -0.870. The third kappa shape index (κ3) is 3.32. The molecule has 0 aliphatic rings. The summed E-state index contributed by atoms with van der Waals surface area (Å²) < 4.78 is 7.07. The van der Waals surface area contributed by atoms with E-state index in [9.17, 15) is 0 Å². The largest absolute Gasteiger partial charge is 0.383 e. The van der Waals surface area contributed by atoms with E-state index < -0.39 is 0 Å². The molecule has 0 saturated heterocycles. The normalized spacial score (nSPS) is 13.1. The summed E-state index contributed by atoms with van der Waals surface area (Å²) in [5.41, 5.74) is 2.30.